The number of nitrogens with zero attached hydrogens (tertiary/aromatic N) is 4. The number of hydrogen-bond donors (Lipinski definition) is 1. The van der Waals surface area contributed by atoms with Gasteiger partial charge in [0, 0.05) is 36.3 Å². The molecule has 6 nitrogen and oxygen atoms in total. The summed E-state index contributed by atoms with van der Waals surface area (Å²) in [5.41, 5.74) is 10.3. The SMILES string of the molecule is C=CN=CN(C)c1ccc(C2C(C#N)=C(N)OC(C)=C2C(=NC(C)C)C(C)C)cc1. The summed E-state index contributed by atoms with van der Waals surface area (Å²) in [6.45, 7) is 13.8. The standard InChI is InChI=1S/C24H31N5O/c1-8-27-14-29(7)19-11-9-18(10-12-19)22-20(13-25)24(26)30-17(6)21(22)23(15(2)3)28-16(4)5/h8-12,14-16,22H,1,26H2,2-7H3. The number of anilines is 1. The molecule has 0 fully saturated rings. The Kier molecular flexibility index (Phi) is 7.60. The zero-order valence-electron chi connectivity index (χ0n) is 18.7. The maximum Gasteiger partial charge on any atom is 0.205 e. The van der Waals surface area contributed by atoms with Gasteiger partial charge in [-0.1, -0.05) is 32.6 Å². The first-order valence-electron chi connectivity index (χ1n) is 10.0. The molecular formula is C24H31N5O. The van der Waals surface area contributed by atoms with Crippen LogP contribution in [0.1, 0.15) is 46.1 Å². The molecule has 158 valence electrons. The van der Waals surface area contributed by atoms with E-state index in [1.807, 2.05) is 57.0 Å². The Morgan fingerprint density at radius 3 is 2.40 bits per heavy atom. The summed E-state index contributed by atoms with van der Waals surface area (Å²) in [4.78, 5) is 10.8. The molecule has 1 aromatic carbocycles. The van der Waals surface area contributed by atoms with E-state index in [1.54, 1.807) is 6.34 Å². The van der Waals surface area contributed by atoms with E-state index in [4.69, 9.17) is 15.5 Å². The molecule has 1 unspecified atom stereocenters. The molecule has 1 aliphatic rings. The summed E-state index contributed by atoms with van der Waals surface area (Å²) in [6.07, 6.45) is 3.18. The molecule has 0 radical (unpaired) electrons. The molecule has 0 saturated heterocycles. The van der Waals surface area contributed by atoms with Crippen LogP contribution in [0.25, 0.3) is 0 Å². The van der Waals surface area contributed by atoms with Crippen molar-refractivity contribution in [2.24, 2.45) is 21.6 Å². The molecule has 0 bridgehead atoms. The minimum absolute atomic E-state index is 0.123. The van der Waals surface area contributed by atoms with Gasteiger partial charge < -0.3 is 15.4 Å². The van der Waals surface area contributed by atoms with Gasteiger partial charge in [-0.2, -0.15) is 5.26 Å². The van der Waals surface area contributed by atoms with Crippen LogP contribution in [0.4, 0.5) is 5.69 Å². The highest BCUT2D eigenvalue weighted by molar-refractivity contribution is 6.04. The number of rotatable bonds is 7. The van der Waals surface area contributed by atoms with Crippen molar-refractivity contribution in [1.29, 1.82) is 5.26 Å². The Labute approximate surface area is 179 Å². The molecule has 0 saturated carbocycles. The third kappa shape index (κ3) is 4.98. The van der Waals surface area contributed by atoms with E-state index < -0.39 is 0 Å². The van der Waals surface area contributed by atoms with E-state index in [2.05, 4.69) is 31.5 Å². The molecule has 1 atom stereocenters. The van der Waals surface area contributed by atoms with Gasteiger partial charge in [0.1, 0.15) is 17.4 Å². The Morgan fingerprint density at radius 2 is 1.90 bits per heavy atom. The molecular weight excluding hydrogens is 374 g/mol. The third-order valence-electron chi connectivity index (χ3n) is 4.80. The number of allylic oxidation sites excluding steroid dienone is 3. The fourth-order valence-electron chi connectivity index (χ4n) is 3.47. The molecule has 1 aliphatic heterocycles. The van der Waals surface area contributed by atoms with Gasteiger partial charge in [-0.15, -0.1) is 0 Å². The average molecular weight is 406 g/mol. The lowest BCUT2D eigenvalue weighted by Crippen LogP contribution is -2.27. The Bertz CT molecular complexity index is 943. The maximum atomic E-state index is 9.87. The molecule has 0 aliphatic carbocycles. The van der Waals surface area contributed by atoms with Crippen LogP contribution in [0, 0.1) is 17.2 Å². The van der Waals surface area contributed by atoms with E-state index in [9.17, 15) is 5.26 Å². The fraction of sp³-hybridized carbons (Fsp3) is 0.375. The van der Waals surface area contributed by atoms with Crippen molar-refractivity contribution in [2.45, 2.75) is 46.6 Å². The number of hydrogen-bond acceptors (Lipinski definition) is 5. The fourth-order valence-corrected chi connectivity index (χ4v) is 3.47. The molecule has 2 rings (SSSR count). The lowest BCUT2D eigenvalue weighted by molar-refractivity contribution is 0.283. The first-order valence-corrected chi connectivity index (χ1v) is 10.0. The van der Waals surface area contributed by atoms with Crippen LogP contribution in [0.15, 0.2) is 69.8 Å². The first kappa shape index (κ1) is 23.0. The third-order valence-corrected chi connectivity index (χ3v) is 4.80. The smallest absolute Gasteiger partial charge is 0.205 e. The minimum Gasteiger partial charge on any atom is -0.445 e. The van der Waals surface area contributed by atoms with Gasteiger partial charge in [0.25, 0.3) is 0 Å². The number of aliphatic imine (C=N–C) groups is 2. The van der Waals surface area contributed by atoms with Gasteiger partial charge in [0.05, 0.1) is 12.3 Å². The van der Waals surface area contributed by atoms with Crippen molar-refractivity contribution < 1.29 is 4.74 Å². The predicted octanol–water partition coefficient (Wildman–Crippen LogP) is 4.88. The van der Waals surface area contributed by atoms with Crippen LogP contribution < -0.4 is 10.6 Å². The summed E-state index contributed by atoms with van der Waals surface area (Å²) < 4.78 is 5.77. The second kappa shape index (κ2) is 9.93. The monoisotopic (exact) mass is 405 g/mol. The van der Waals surface area contributed by atoms with Crippen molar-refractivity contribution in [3.05, 3.63) is 65.4 Å². The van der Waals surface area contributed by atoms with Crippen LogP contribution in [0.2, 0.25) is 0 Å². The minimum atomic E-state index is -0.329. The molecule has 1 heterocycles. The molecule has 1 aromatic rings. The Hall–Kier alpha value is -3.33. The molecule has 0 aromatic heterocycles. The van der Waals surface area contributed by atoms with Crippen LogP contribution in [-0.4, -0.2) is 25.1 Å². The quantitative estimate of drug-likeness (QED) is 0.517. The van der Waals surface area contributed by atoms with Crippen LogP contribution in [0.5, 0.6) is 0 Å². The van der Waals surface area contributed by atoms with Crippen LogP contribution in [0.3, 0.4) is 0 Å². The maximum absolute atomic E-state index is 9.87. The van der Waals surface area contributed by atoms with Gasteiger partial charge >= 0.3 is 0 Å². The molecule has 0 amide bonds. The first-order chi connectivity index (χ1) is 14.2. The van der Waals surface area contributed by atoms with E-state index in [-0.39, 0.29) is 23.8 Å². The lowest BCUT2D eigenvalue weighted by Gasteiger charge is -2.31. The topological polar surface area (TPSA) is 87.0 Å². The number of benzene rings is 1. The number of nitriles is 1. The summed E-state index contributed by atoms with van der Waals surface area (Å²) in [6, 6.07) is 10.4. The van der Waals surface area contributed by atoms with Gasteiger partial charge in [0.15, 0.2) is 0 Å². The van der Waals surface area contributed by atoms with E-state index in [0.29, 0.717) is 11.3 Å². The summed E-state index contributed by atoms with van der Waals surface area (Å²) in [5.74, 6) is 0.674. The van der Waals surface area contributed by atoms with Crippen molar-refractivity contribution in [3.8, 4) is 6.07 Å². The highest BCUT2D eigenvalue weighted by Crippen LogP contribution is 2.41. The van der Waals surface area contributed by atoms with Crippen molar-refractivity contribution in [2.75, 3.05) is 11.9 Å². The number of ether oxygens (including phenoxy) is 1. The highest BCUT2D eigenvalue weighted by atomic mass is 16.5. The summed E-state index contributed by atoms with van der Waals surface area (Å²) >= 11 is 0. The normalized spacial score (nSPS) is 17.6. The molecule has 6 heteroatoms. The van der Waals surface area contributed by atoms with E-state index in [1.165, 1.54) is 6.20 Å². The molecule has 30 heavy (non-hydrogen) atoms. The lowest BCUT2D eigenvalue weighted by atomic mass is 9.78. The number of nitrogens with two attached hydrogens (primary N) is 1. The second-order valence-corrected chi connectivity index (χ2v) is 7.81. The zero-order chi connectivity index (χ0) is 22.4. The van der Waals surface area contributed by atoms with Crippen molar-refractivity contribution in [3.63, 3.8) is 0 Å². The largest absolute Gasteiger partial charge is 0.445 e. The molecule has 2 N–H and O–H groups in total. The van der Waals surface area contributed by atoms with Gasteiger partial charge in [-0.3, -0.25) is 4.99 Å². The average Bonchev–Trinajstić information content (AvgIpc) is 2.70. The highest BCUT2D eigenvalue weighted by Gasteiger charge is 2.35. The second-order valence-electron chi connectivity index (χ2n) is 7.81. The van der Waals surface area contributed by atoms with Crippen molar-refractivity contribution >= 4 is 17.7 Å². The predicted molar refractivity (Wildman–Crippen MR) is 124 cm³/mol. The Morgan fingerprint density at radius 1 is 1.27 bits per heavy atom. The van der Waals surface area contributed by atoms with Gasteiger partial charge in [-0.05, 0) is 44.4 Å². The van der Waals surface area contributed by atoms with Crippen molar-refractivity contribution in [1.82, 2.24) is 0 Å². The van der Waals surface area contributed by atoms with Crippen LogP contribution in [-0.2, 0) is 4.74 Å². The summed E-state index contributed by atoms with van der Waals surface area (Å²) in [5, 5.41) is 9.87. The van der Waals surface area contributed by atoms with Crippen LogP contribution >= 0.6 is 0 Å². The van der Waals surface area contributed by atoms with Gasteiger partial charge in [0.2, 0.25) is 5.88 Å². The van der Waals surface area contributed by atoms with Gasteiger partial charge in [-0.25, -0.2) is 4.99 Å². The molecule has 0 spiro atoms. The Balaban J connectivity index is 2.61. The summed E-state index contributed by atoms with van der Waals surface area (Å²) in [7, 11) is 1.91. The zero-order valence-corrected chi connectivity index (χ0v) is 18.7. The van der Waals surface area contributed by atoms with E-state index >= 15 is 0 Å². The van der Waals surface area contributed by atoms with E-state index in [0.717, 1.165) is 22.5 Å².